The zero-order valence-corrected chi connectivity index (χ0v) is 9.05. The molecule has 0 aliphatic rings. The van der Waals surface area contributed by atoms with Gasteiger partial charge in [0.15, 0.2) is 11.6 Å². The number of halogens is 3. The van der Waals surface area contributed by atoms with Crippen LogP contribution in [-0.2, 0) is 0 Å². The van der Waals surface area contributed by atoms with Gasteiger partial charge in [0, 0.05) is 11.8 Å². The molecule has 90 valence electrons. The van der Waals surface area contributed by atoms with E-state index in [0.29, 0.717) is 0 Å². The van der Waals surface area contributed by atoms with Crippen LogP contribution in [0.1, 0.15) is 5.56 Å². The summed E-state index contributed by atoms with van der Waals surface area (Å²) in [5.41, 5.74) is 0.487. The number of hydrogen-bond donors (Lipinski definition) is 1. The number of nitrogens with zero attached hydrogens (tertiary/aromatic N) is 1. The first-order valence-electron chi connectivity index (χ1n) is 5.02. The summed E-state index contributed by atoms with van der Waals surface area (Å²) in [6.07, 6.45) is 0. The Hall–Kier alpha value is -2.48. The second-order valence-electron chi connectivity index (χ2n) is 3.56. The second-order valence-corrected chi connectivity index (χ2v) is 3.56. The van der Waals surface area contributed by atoms with Crippen LogP contribution in [0.5, 0.6) is 0 Å². The van der Waals surface area contributed by atoms with Crippen LogP contribution in [0.15, 0.2) is 36.4 Å². The topological polar surface area (TPSA) is 35.8 Å². The molecule has 1 N–H and O–H groups in total. The maximum atomic E-state index is 13.5. The fourth-order valence-corrected chi connectivity index (χ4v) is 1.42. The van der Waals surface area contributed by atoms with E-state index < -0.39 is 17.5 Å². The van der Waals surface area contributed by atoms with Crippen LogP contribution in [-0.4, -0.2) is 0 Å². The van der Waals surface area contributed by atoms with Gasteiger partial charge >= 0.3 is 0 Å². The van der Waals surface area contributed by atoms with Gasteiger partial charge < -0.3 is 5.32 Å². The average Bonchev–Trinajstić information content (AvgIpc) is 2.36. The smallest absolute Gasteiger partial charge is 0.160 e. The van der Waals surface area contributed by atoms with E-state index in [-0.39, 0.29) is 16.9 Å². The number of nitriles is 1. The molecule has 2 rings (SSSR count). The third-order valence-electron chi connectivity index (χ3n) is 2.30. The molecular formula is C13H7F3N2. The number of hydrogen-bond acceptors (Lipinski definition) is 2. The summed E-state index contributed by atoms with van der Waals surface area (Å²) in [5, 5.41) is 11.2. The molecule has 0 saturated heterocycles. The summed E-state index contributed by atoms with van der Waals surface area (Å²) in [7, 11) is 0. The molecule has 2 aromatic carbocycles. The van der Waals surface area contributed by atoms with Crippen molar-refractivity contribution in [2.75, 3.05) is 5.32 Å². The van der Waals surface area contributed by atoms with Crippen molar-refractivity contribution in [3.05, 3.63) is 59.4 Å². The lowest BCUT2D eigenvalue weighted by Crippen LogP contribution is -1.96. The molecule has 0 radical (unpaired) electrons. The van der Waals surface area contributed by atoms with E-state index >= 15 is 0 Å². The van der Waals surface area contributed by atoms with Crippen LogP contribution in [0.3, 0.4) is 0 Å². The van der Waals surface area contributed by atoms with Crippen LogP contribution in [0.4, 0.5) is 24.5 Å². The Bertz CT molecular complexity index is 633. The monoisotopic (exact) mass is 248 g/mol. The lowest BCUT2D eigenvalue weighted by Gasteiger charge is -2.08. The summed E-state index contributed by atoms with van der Waals surface area (Å²) in [4.78, 5) is 0. The van der Waals surface area contributed by atoms with Crippen LogP contribution in [0.2, 0.25) is 0 Å². The molecule has 0 amide bonds. The Labute approximate surface area is 101 Å². The largest absolute Gasteiger partial charge is 0.353 e. The van der Waals surface area contributed by atoms with Crippen molar-refractivity contribution in [2.24, 2.45) is 0 Å². The van der Waals surface area contributed by atoms with Crippen molar-refractivity contribution < 1.29 is 13.2 Å². The summed E-state index contributed by atoms with van der Waals surface area (Å²) in [6, 6.07) is 8.79. The Balaban J connectivity index is 2.29. The summed E-state index contributed by atoms with van der Waals surface area (Å²) in [6.45, 7) is 0. The first-order chi connectivity index (χ1) is 8.60. The molecule has 0 atom stereocenters. The fraction of sp³-hybridized carbons (Fsp3) is 0. The van der Waals surface area contributed by atoms with Gasteiger partial charge in [0.05, 0.1) is 17.3 Å². The van der Waals surface area contributed by atoms with E-state index in [1.54, 1.807) is 6.07 Å². The van der Waals surface area contributed by atoms with Gasteiger partial charge in [-0.1, -0.05) is 0 Å². The van der Waals surface area contributed by atoms with E-state index in [1.165, 1.54) is 18.2 Å². The van der Waals surface area contributed by atoms with Crippen LogP contribution < -0.4 is 5.32 Å². The number of rotatable bonds is 2. The zero-order valence-electron chi connectivity index (χ0n) is 9.05. The molecule has 0 saturated carbocycles. The second kappa shape index (κ2) is 4.80. The molecular weight excluding hydrogens is 241 g/mol. The third kappa shape index (κ3) is 2.43. The molecule has 2 aromatic rings. The molecule has 0 bridgehead atoms. The number of benzene rings is 2. The van der Waals surface area contributed by atoms with Gasteiger partial charge in [-0.2, -0.15) is 5.26 Å². The van der Waals surface area contributed by atoms with Crippen molar-refractivity contribution in [1.29, 1.82) is 5.26 Å². The van der Waals surface area contributed by atoms with E-state index in [0.717, 1.165) is 18.2 Å². The summed E-state index contributed by atoms with van der Waals surface area (Å²) in [5.74, 6) is -2.63. The van der Waals surface area contributed by atoms with E-state index in [9.17, 15) is 13.2 Å². The highest BCUT2D eigenvalue weighted by Crippen LogP contribution is 2.22. The van der Waals surface area contributed by atoms with Crippen molar-refractivity contribution in [1.82, 2.24) is 0 Å². The summed E-state index contributed by atoms with van der Waals surface area (Å²) < 4.78 is 39.2. The lowest BCUT2D eigenvalue weighted by atomic mass is 10.2. The highest BCUT2D eigenvalue weighted by molar-refractivity contribution is 5.61. The summed E-state index contributed by atoms with van der Waals surface area (Å²) >= 11 is 0. The molecule has 0 fully saturated rings. The minimum Gasteiger partial charge on any atom is -0.353 e. The highest BCUT2D eigenvalue weighted by atomic mass is 19.2. The first kappa shape index (κ1) is 12.0. The maximum Gasteiger partial charge on any atom is 0.160 e. The molecule has 0 heterocycles. The SMILES string of the molecule is N#Cc1ccc(Nc2ccc(F)c(F)c2)c(F)c1. The molecule has 18 heavy (non-hydrogen) atoms. The van der Waals surface area contributed by atoms with Gasteiger partial charge in [0.2, 0.25) is 0 Å². The number of nitrogens with one attached hydrogen (secondary N) is 1. The van der Waals surface area contributed by atoms with Gasteiger partial charge in [-0.15, -0.1) is 0 Å². The predicted octanol–water partition coefficient (Wildman–Crippen LogP) is 3.72. The minimum absolute atomic E-state index is 0.0833. The molecule has 2 nitrogen and oxygen atoms in total. The van der Waals surface area contributed by atoms with Gasteiger partial charge in [-0.05, 0) is 30.3 Å². The van der Waals surface area contributed by atoms with Crippen molar-refractivity contribution in [3.63, 3.8) is 0 Å². The van der Waals surface area contributed by atoms with Gasteiger partial charge in [0.1, 0.15) is 5.82 Å². The van der Waals surface area contributed by atoms with Crippen LogP contribution in [0, 0.1) is 28.8 Å². The van der Waals surface area contributed by atoms with Crippen molar-refractivity contribution in [2.45, 2.75) is 0 Å². The predicted molar refractivity (Wildman–Crippen MR) is 60.8 cm³/mol. The molecule has 0 aliphatic carbocycles. The van der Waals surface area contributed by atoms with Crippen molar-refractivity contribution in [3.8, 4) is 6.07 Å². The molecule has 0 aromatic heterocycles. The quantitative estimate of drug-likeness (QED) is 0.879. The Morgan fingerprint density at radius 2 is 1.67 bits per heavy atom. The third-order valence-corrected chi connectivity index (χ3v) is 2.30. The maximum absolute atomic E-state index is 13.5. The lowest BCUT2D eigenvalue weighted by molar-refractivity contribution is 0.509. The molecule has 0 unspecified atom stereocenters. The van der Waals surface area contributed by atoms with Crippen molar-refractivity contribution >= 4 is 11.4 Å². The van der Waals surface area contributed by atoms with E-state index in [1.807, 2.05) is 0 Å². The average molecular weight is 248 g/mol. The first-order valence-corrected chi connectivity index (χ1v) is 5.02. The molecule has 5 heteroatoms. The normalized spacial score (nSPS) is 9.89. The van der Waals surface area contributed by atoms with Gasteiger partial charge in [-0.25, -0.2) is 13.2 Å². The Morgan fingerprint density at radius 3 is 2.28 bits per heavy atom. The standard InChI is InChI=1S/C13H7F3N2/c14-10-3-2-9(6-11(10)15)18-13-4-1-8(7-17)5-12(13)16/h1-6,18H. The van der Waals surface area contributed by atoms with E-state index in [4.69, 9.17) is 5.26 Å². The minimum atomic E-state index is -1.02. The van der Waals surface area contributed by atoms with Gasteiger partial charge in [-0.3, -0.25) is 0 Å². The highest BCUT2D eigenvalue weighted by Gasteiger charge is 2.06. The van der Waals surface area contributed by atoms with E-state index in [2.05, 4.69) is 5.32 Å². The Morgan fingerprint density at radius 1 is 0.889 bits per heavy atom. The molecule has 0 aliphatic heterocycles. The van der Waals surface area contributed by atoms with Crippen LogP contribution in [0.25, 0.3) is 0 Å². The van der Waals surface area contributed by atoms with Crippen LogP contribution >= 0.6 is 0 Å². The fourth-order valence-electron chi connectivity index (χ4n) is 1.42. The zero-order chi connectivity index (χ0) is 13.1. The van der Waals surface area contributed by atoms with Gasteiger partial charge in [0.25, 0.3) is 0 Å². The number of anilines is 2. The molecule has 0 spiro atoms. The Kier molecular flexibility index (Phi) is 3.20.